The van der Waals surface area contributed by atoms with Gasteiger partial charge in [0.25, 0.3) is 0 Å². The summed E-state index contributed by atoms with van der Waals surface area (Å²) in [6, 6.07) is 7.57. The van der Waals surface area contributed by atoms with E-state index in [4.69, 9.17) is 0 Å². The Morgan fingerprint density at radius 3 is 2.43 bits per heavy atom. The number of halogens is 1. The molecule has 0 bridgehead atoms. The van der Waals surface area contributed by atoms with E-state index >= 15 is 0 Å². The number of likely N-dealkylation sites (tertiary alicyclic amines) is 1. The highest BCUT2D eigenvalue weighted by atomic mass is 19.1. The Hall–Kier alpha value is -0.890. The Morgan fingerprint density at radius 2 is 1.93 bits per heavy atom. The number of hydrogen-bond donors (Lipinski definition) is 0. The van der Waals surface area contributed by atoms with Crippen molar-refractivity contribution in [1.29, 1.82) is 0 Å². The summed E-state index contributed by atoms with van der Waals surface area (Å²) in [4.78, 5) is 2.36. The third-order valence-corrected chi connectivity index (χ3v) is 3.23. The molecular formula is C12H16FN. The fourth-order valence-electron chi connectivity index (χ4n) is 2.17. The fraction of sp³-hybridized carbons (Fsp3) is 0.500. The molecule has 2 heteroatoms. The van der Waals surface area contributed by atoms with Gasteiger partial charge >= 0.3 is 0 Å². The van der Waals surface area contributed by atoms with Crippen molar-refractivity contribution in [1.82, 2.24) is 4.90 Å². The van der Waals surface area contributed by atoms with Crippen molar-refractivity contribution >= 4 is 0 Å². The molecule has 2 unspecified atom stereocenters. The predicted molar refractivity (Wildman–Crippen MR) is 55.9 cm³/mol. The molecule has 2 atom stereocenters. The van der Waals surface area contributed by atoms with E-state index in [1.165, 1.54) is 12.0 Å². The first kappa shape index (κ1) is 9.66. The molecule has 1 saturated heterocycles. The van der Waals surface area contributed by atoms with Gasteiger partial charge < -0.3 is 4.90 Å². The molecule has 0 N–H and O–H groups in total. The topological polar surface area (TPSA) is 3.24 Å². The summed E-state index contributed by atoms with van der Waals surface area (Å²) in [7, 11) is 2.15. The van der Waals surface area contributed by atoms with Crippen molar-refractivity contribution in [2.45, 2.75) is 25.3 Å². The first-order valence-electron chi connectivity index (χ1n) is 5.12. The van der Waals surface area contributed by atoms with Crippen molar-refractivity contribution in [3.8, 4) is 0 Å². The summed E-state index contributed by atoms with van der Waals surface area (Å²) in [5.41, 5.74) is 1.27. The molecule has 1 fully saturated rings. The molecule has 0 radical (unpaired) electrons. The largest absolute Gasteiger partial charge is 0.303 e. The number of rotatable bonds is 1. The van der Waals surface area contributed by atoms with Crippen LogP contribution in [-0.2, 0) is 0 Å². The second kappa shape index (κ2) is 3.70. The predicted octanol–water partition coefficient (Wildman–Crippen LogP) is 2.63. The lowest BCUT2D eigenvalue weighted by Crippen LogP contribution is -2.21. The minimum atomic E-state index is -0.145. The molecule has 0 amide bonds. The Labute approximate surface area is 84.5 Å². The maximum Gasteiger partial charge on any atom is 0.123 e. The summed E-state index contributed by atoms with van der Waals surface area (Å²) >= 11 is 0. The Morgan fingerprint density at radius 1 is 1.29 bits per heavy atom. The minimum Gasteiger partial charge on any atom is -0.303 e. The van der Waals surface area contributed by atoms with E-state index in [0.717, 1.165) is 6.54 Å². The lowest BCUT2D eigenvalue weighted by molar-refractivity contribution is 0.329. The summed E-state index contributed by atoms with van der Waals surface area (Å²) in [6.45, 7) is 3.33. The first-order chi connectivity index (χ1) is 6.66. The van der Waals surface area contributed by atoms with Crippen LogP contribution in [0.4, 0.5) is 4.39 Å². The highest BCUT2D eigenvalue weighted by Gasteiger charge is 2.26. The van der Waals surface area contributed by atoms with Gasteiger partial charge in [0.15, 0.2) is 0 Å². The Kier molecular flexibility index (Phi) is 2.55. The van der Waals surface area contributed by atoms with E-state index in [1.54, 1.807) is 12.1 Å². The van der Waals surface area contributed by atoms with E-state index in [1.807, 2.05) is 12.1 Å². The zero-order valence-corrected chi connectivity index (χ0v) is 8.70. The van der Waals surface area contributed by atoms with Crippen LogP contribution in [0.5, 0.6) is 0 Å². The van der Waals surface area contributed by atoms with E-state index in [0.29, 0.717) is 12.0 Å². The summed E-state index contributed by atoms with van der Waals surface area (Å²) in [5, 5.41) is 0. The van der Waals surface area contributed by atoms with Crippen LogP contribution >= 0.6 is 0 Å². The van der Waals surface area contributed by atoms with Crippen LogP contribution < -0.4 is 0 Å². The second-order valence-electron chi connectivity index (χ2n) is 4.27. The fourth-order valence-corrected chi connectivity index (χ4v) is 2.17. The molecule has 1 nitrogen and oxygen atoms in total. The van der Waals surface area contributed by atoms with Crippen LogP contribution in [0.1, 0.15) is 24.8 Å². The maximum absolute atomic E-state index is 12.7. The maximum atomic E-state index is 12.7. The van der Waals surface area contributed by atoms with Gasteiger partial charge in [0.05, 0.1) is 0 Å². The second-order valence-corrected chi connectivity index (χ2v) is 4.27. The zero-order chi connectivity index (χ0) is 10.1. The van der Waals surface area contributed by atoms with Gasteiger partial charge in [-0.25, -0.2) is 4.39 Å². The van der Waals surface area contributed by atoms with Crippen LogP contribution in [-0.4, -0.2) is 24.5 Å². The molecular weight excluding hydrogens is 177 g/mol. The van der Waals surface area contributed by atoms with Crippen LogP contribution in [0.3, 0.4) is 0 Å². The lowest BCUT2D eigenvalue weighted by Gasteiger charge is -2.12. The molecule has 14 heavy (non-hydrogen) atoms. The van der Waals surface area contributed by atoms with Crippen LogP contribution in [0.2, 0.25) is 0 Å². The highest BCUT2D eigenvalue weighted by Crippen LogP contribution is 2.30. The van der Waals surface area contributed by atoms with Gasteiger partial charge in [0.2, 0.25) is 0 Å². The molecule has 1 aromatic rings. The van der Waals surface area contributed by atoms with Gasteiger partial charge in [0.1, 0.15) is 5.82 Å². The number of benzene rings is 1. The molecule has 1 aromatic carbocycles. The number of hydrogen-bond acceptors (Lipinski definition) is 1. The van der Waals surface area contributed by atoms with Gasteiger partial charge in [-0.1, -0.05) is 12.1 Å². The highest BCUT2D eigenvalue weighted by molar-refractivity contribution is 5.22. The van der Waals surface area contributed by atoms with Crippen molar-refractivity contribution < 1.29 is 4.39 Å². The zero-order valence-electron chi connectivity index (χ0n) is 8.70. The number of nitrogens with zero attached hydrogens (tertiary/aromatic N) is 1. The van der Waals surface area contributed by atoms with Gasteiger partial charge in [-0.3, -0.25) is 0 Å². The van der Waals surface area contributed by atoms with E-state index < -0.39 is 0 Å². The van der Waals surface area contributed by atoms with Crippen LogP contribution in [0, 0.1) is 5.82 Å². The van der Waals surface area contributed by atoms with Gasteiger partial charge in [-0.15, -0.1) is 0 Å². The van der Waals surface area contributed by atoms with Crippen LogP contribution in [0.25, 0.3) is 0 Å². The summed E-state index contributed by atoms with van der Waals surface area (Å²) in [5.74, 6) is 0.434. The molecule has 1 aliphatic rings. The molecule has 0 aromatic heterocycles. The van der Waals surface area contributed by atoms with E-state index in [-0.39, 0.29) is 5.82 Å². The smallest absolute Gasteiger partial charge is 0.123 e. The quantitative estimate of drug-likeness (QED) is 0.662. The monoisotopic (exact) mass is 193 g/mol. The van der Waals surface area contributed by atoms with Gasteiger partial charge in [-0.2, -0.15) is 0 Å². The molecule has 0 aliphatic carbocycles. The van der Waals surface area contributed by atoms with Crippen molar-refractivity contribution in [2.75, 3.05) is 13.6 Å². The first-order valence-corrected chi connectivity index (χ1v) is 5.12. The van der Waals surface area contributed by atoms with Gasteiger partial charge in [-0.05, 0) is 44.0 Å². The third-order valence-electron chi connectivity index (χ3n) is 3.23. The van der Waals surface area contributed by atoms with Crippen molar-refractivity contribution in [3.05, 3.63) is 35.6 Å². The molecule has 76 valence electrons. The van der Waals surface area contributed by atoms with Crippen LogP contribution in [0.15, 0.2) is 24.3 Å². The summed E-state index contributed by atoms with van der Waals surface area (Å²) in [6.07, 6.45) is 1.18. The summed E-state index contributed by atoms with van der Waals surface area (Å²) < 4.78 is 12.7. The van der Waals surface area contributed by atoms with E-state index in [2.05, 4.69) is 18.9 Å². The van der Waals surface area contributed by atoms with Crippen molar-refractivity contribution in [3.63, 3.8) is 0 Å². The lowest BCUT2D eigenvalue weighted by atomic mass is 9.97. The average molecular weight is 193 g/mol. The minimum absolute atomic E-state index is 0.145. The Balaban J connectivity index is 2.13. The molecule has 1 heterocycles. The van der Waals surface area contributed by atoms with Crippen molar-refractivity contribution in [2.24, 2.45) is 0 Å². The SMILES string of the molecule is CC1CC(c2ccc(F)cc2)CN1C. The molecule has 0 saturated carbocycles. The molecule has 0 spiro atoms. The third kappa shape index (κ3) is 1.80. The number of likely N-dealkylation sites (N-methyl/N-ethyl adjacent to an activating group) is 1. The molecule has 2 rings (SSSR count). The van der Waals surface area contributed by atoms with E-state index in [9.17, 15) is 4.39 Å². The standard InChI is InChI=1S/C12H16FN/c1-9-7-11(8-14(9)2)10-3-5-12(13)6-4-10/h3-6,9,11H,7-8H2,1-2H3. The average Bonchev–Trinajstić information content (AvgIpc) is 2.48. The Bertz CT molecular complexity index is 297. The normalized spacial score (nSPS) is 28.2. The molecule has 1 aliphatic heterocycles. The van der Waals surface area contributed by atoms with Gasteiger partial charge in [0, 0.05) is 12.6 Å².